The van der Waals surface area contributed by atoms with Crippen LogP contribution in [-0.4, -0.2) is 16.4 Å². The first-order valence-electron chi connectivity index (χ1n) is 4.53. The molecule has 0 spiro atoms. The lowest BCUT2D eigenvalue weighted by Gasteiger charge is -2.09. The third kappa shape index (κ3) is 1.46. The van der Waals surface area contributed by atoms with Crippen LogP contribution in [0.1, 0.15) is 31.1 Å². The summed E-state index contributed by atoms with van der Waals surface area (Å²) in [6.07, 6.45) is 0.884. The molecule has 4 heteroatoms. The molecule has 0 N–H and O–H groups in total. The number of hydrogen-bond acceptors (Lipinski definition) is 2. The summed E-state index contributed by atoms with van der Waals surface area (Å²) < 4.78 is 7.19. The minimum Gasteiger partial charge on any atom is -0.376 e. The van der Waals surface area contributed by atoms with Gasteiger partial charge in [0.2, 0.25) is 0 Å². The summed E-state index contributed by atoms with van der Waals surface area (Å²) in [7, 11) is 0. The minimum absolute atomic E-state index is 0.318. The second kappa shape index (κ2) is 3.31. The summed E-state index contributed by atoms with van der Waals surface area (Å²) >= 11 is 6.16. The highest BCUT2D eigenvalue weighted by Crippen LogP contribution is 2.26. The first-order valence-corrected chi connectivity index (χ1v) is 4.91. The second-order valence-electron chi connectivity index (χ2n) is 3.56. The van der Waals surface area contributed by atoms with Gasteiger partial charge in [-0.25, -0.2) is 0 Å². The molecule has 1 aliphatic rings. The predicted molar refractivity (Wildman–Crippen MR) is 51.0 cm³/mol. The third-order valence-electron chi connectivity index (χ3n) is 2.25. The molecule has 13 heavy (non-hydrogen) atoms. The molecular weight excluding hydrogens is 188 g/mol. The molecule has 1 aromatic heterocycles. The van der Waals surface area contributed by atoms with Crippen LogP contribution >= 0.6 is 11.6 Å². The number of rotatable bonds is 1. The topological polar surface area (TPSA) is 27.1 Å². The van der Waals surface area contributed by atoms with E-state index in [1.807, 2.05) is 4.68 Å². The van der Waals surface area contributed by atoms with Crippen LogP contribution in [0.3, 0.4) is 0 Å². The zero-order chi connectivity index (χ0) is 9.42. The molecule has 0 aliphatic carbocycles. The fraction of sp³-hybridized carbons (Fsp3) is 0.667. The maximum atomic E-state index is 6.16. The molecule has 0 radical (unpaired) electrons. The van der Waals surface area contributed by atoms with Crippen molar-refractivity contribution in [3.63, 3.8) is 0 Å². The standard InChI is InChI=1S/C9H13ClN2O/c1-6(2)12-9(10)7-5-13-4-3-8(7)11-12/h6H,3-5H2,1-2H3. The third-order valence-corrected chi connectivity index (χ3v) is 2.65. The van der Waals surface area contributed by atoms with Crippen molar-refractivity contribution in [3.8, 4) is 0 Å². The molecule has 0 fully saturated rings. The van der Waals surface area contributed by atoms with E-state index in [9.17, 15) is 0 Å². The molecule has 0 aromatic carbocycles. The summed E-state index contributed by atoms with van der Waals surface area (Å²) in [5.74, 6) is 0. The van der Waals surface area contributed by atoms with Crippen LogP contribution in [0.5, 0.6) is 0 Å². The quantitative estimate of drug-likeness (QED) is 0.695. The smallest absolute Gasteiger partial charge is 0.133 e. The number of hydrogen-bond donors (Lipinski definition) is 0. The Balaban J connectivity index is 2.44. The normalized spacial score (nSPS) is 16.3. The number of nitrogens with zero attached hydrogens (tertiary/aromatic N) is 2. The van der Waals surface area contributed by atoms with Gasteiger partial charge >= 0.3 is 0 Å². The predicted octanol–water partition coefficient (Wildman–Crippen LogP) is 2.19. The number of aromatic nitrogens is 2. The Kier molecular flexibility index (Phi) is 2.30. The highest BCUT2D eigenvalue weighted by Gasteiger charge is 2.20. The Morgan fingerprint density at radius 2 is 2.31 bits per heavy atom. The monoisotopic (exact) mass is 200 g/mol. The SMILES string of the molecule is CC(C)n1nc2c(c1Cl)COCC2. The van der Waals surface area contributed by atoms with Crippen molar-refractivity contribution in [1.82, 2.24) is 9.78 Å². The van der Waals surface area contributed by atoms with E-state index < -0.39 is 0 Å². The molecule has 0 saturated heterocycles. The van der Waals surface area contributed by atoms with Gasteiger partial charge in [-0.05, 0) is 13.8 Å². The van der Waals surface area contributed by atoms with Gasteiger partial charge in [-0.2, -0.15) is 5.10 Å². The zero-order valence-electron chi connectivity index (χ0n) is 7.88. The maximum Gasteiger partial charge on any atom is 0.133 e. The number of halogens is 1. The van der Waals surface area contributed by atoms with E-state index >= 15 is 0 Å². The van der Waals surface area contributed by atoms with Gasteiger partial charge in [0, 0.05) is 18.0 Å². The van der Waals surface area contributed by atoms with Crippen molar-refractivity contribution in [2.24, 2.45) is 0 Å². The van der Waals surface area contributed by atoms with E-state index in [4.69, 9.17) is 16.3 Å². The fourth-order valence-electron chi connectivity index (χ4n) is 1.52. The Morgan fingerprint density at radius 3 is 2.92 bits per heavy atom. The summed E-state index contributed by atoms with van der Waals surface area (Å²) in [4.78, 5) is 0. The maximum absolute atomic E-state index is 6.16. The molecule has 0 atom stereocenters. The van der Waals surface area contributed by atoms with Gasteiger partial charge in [-0.1, -0.05) is 11.6 Å². The minimum atomic E-state index is 0.318. The number of fused-ring (bicyclic) bond motifs is 1. The van der Waals surface area contributed by atoms with Crippen LogP contribution in [-0.2, 0) is 17.8 Å². The van der Waals surface area contributed by atoms with Gasteiger partial charge in [0.15, 0.2) is 0 Å². The van der Waals surface area contributed by atoms with Crippen LogP contribution in [0, 0.1) is 0 Å². The largest absolute Gasteiger partial charge is 0.376 e. The van der Waals surface area contributed by atoms with Gasteiger partial charge in [-0.3, -0.25) is 4.68 Å². The van der Waals surface area contributed by atoms with Crippen LogP contribution in [0.4, 0.5) is 0 Å². The van der Waals surface area contributed by atoms with E-state index in [1.165, 1.54) is 0 Å². The molecule has 2 heterocycles. The lowest BCUT2D eigenvalue weighted by Crippen LogP contribution is -2.08. The molecule has 72 valence electrons. The molecule has 0 saturated carbocycles. The Hall–Kier alpha value is -0.540. The molecule has 0 bridgehead atoms. The van der Waals surface area contributed by atoms with E-state index in [0.717, 1.165) is 29.4 Å². The molecule has 0 amide bonds. The lowest BCUT2D eigenvalue weighted by molar-refractivity contribution is 0.110. The van der Waals surface area contributed by atoms with E-state index in [2.05, 4.69) is 18.9 Å². The number of ether oxygens (including phenoxy) is 1. The molecule has 1 aliphatic heterocycles. The van der Waals surface area contributed by atoms with Crippen molar-refractivity contribution in [2.45, 2.75) is 32.9 Å². The summed E-state index contributed by atoms with van der Waals surface area (Å²) in [6, 6.07) is 0.318. The van der Waals surface area contributed by atoms with Crippen LogP contribution in [0.15, 0.2) is 0 Å². The molecule has 0 unspecified atom stereocenters. The molecule has 2 rings (SSSR count). The van der Waals surface area contributed by atoms with Crippen LogP contribution in [0.25, 0.3) is 0 Å². The summed E-state index contributed by atoms with van der Waals surface area (Å²) in [6.45, 7) is 5.52. The van der Waals surface area contributed by atoms with Crippen molar-refractivity contribution in [3.05, 3.63) is 16.4 Å². The van der Waals surface area contributed by atoms with Gasteiger partial charge < -0.3 is 4.74 Å². The van der Waals surface area contributed by atoms with Crippen molar-refractivity contribution >= 4 is 11.6 Å². The average Bonchev–Trinajstić information content (AvgIpc) is 2.45. The van der Waals surface area contributed by atoms with E-state index in [0.29, 0.717) is 12.6 Å². The van der Waals surface area contributed by atoms with Crippen LogP contribution < -0.4 is 0 Å². The Morgan fingerprint density at radius 1 is 1.54 bits per heavy atom. The van der Waals surface area contributed by atoms with Crippen molar-refractivity contribution < 1.29 is 4.74 Å². The van der Waals surface area contributed by atoms with Crippen LogP contribution in [0.2, 0.25) is 5.15 Å². The zero-order valence-corrected chi connectivity index (χ0v) is 8.64. The van der Waals surface area contributed by atoms with E-state index in [1.54, 1.807) is 0 Å². The van der Waals surface area contributed by atoms with E-state index in [-0.39, 0.29) is 0 Å². The van der Waals surface area contributed by atoms with Crippen molar-refractivity contribution in [1.29, 1.82) is 0 Å². The summed E-state index contributed by atoms with van der Waals surface area (Å²) in [5.41, 5.74) is 2.17. The average molecular weight is 201 g/mol. The van der Waals surface area contributed by atoms with Gasteiger partial charge in [0.05, 0.1) is 18.9 Å². The van der Waals surface area contributed by atoms with Gasteiger partial charge in [0.1, 0.15) is 5.15 Å². The lowest BCUT2D eigenvalue weighted by atomic mass is 10.2. The molecule has 1 aromatic rings. The molecular formula is C9H13ClN2O. The summed E-state index contributed by atoms with van der Waals surface area (Å²) in [5, 5.41) is 5.20. The van der Waals surface area contributed by atoms with Crippen molar-refractivity contribution in [2.75, 3.05) is 6.61 Å². The van der Waals surface area contributed by atoms with Gasteiger partial charge in [-0.15, -0.1) is 0 Å². The second-order valence-corrected chi connectivity index (χ2v) is 3.91. The highest BCUT2D eigenvalue weighted by molar-refractivity contribution is 6.30. The first-order chi connectivity index (χ1) is 6.20. The Labute approximate surface area is 82.6 Å². The molecule has 3 nitrogen and oxygen atoms in total. The Bertz CT molecular complexity index is 320. The fourth-order valence-corrected chi connectivity index (χ4v) is 1.92. The highest BCUT2D eigenvalue weighted by atomic mass is 35.5. The first kappa shape index (κ1) is 9.03. The van der Waals surface area contributed by atoms with Gasteiger partial charge in [0.25, 0.3) is 0 Å².